The average molecular weight is 252 g/mol. The Labute approximate surface area is 106 Å². The summed E-state index contributed by atoms with van der Waals surface area (Å²) in [4.78, 5) is 14.9. The SMILES string of the molecule is CC(=O)N1CCN(c2c(F)cccc2CO)CC1. The zero-order valence-corrected chi connectivity index (χ0v) is 10.4. The second-order valence-corrected chi connectivity index (χ2v) is 4.40. The predicted molar refractivity (Wildman–Crippen MR) is 66.8 cm³/mol. The molecular formula is C13H17FN2O2. The van der Waals surface area contributed by atoms with Crippen LogP contribution in [0.15, 0.2) is 18.2 Å². The van der Waals surface area contributed by atoms with Gasteiger partial charge in [0.05, 0.1) is 12.3 Å². The minimum absolute atomic E-state index is 0.0468. The van der Waals surface area contributed by atoms with Crippen LogP contribution in [0.5, 0.6) is 0 Å². The van der Waals surface area contributed by atoms with Crippen LogP contribution in [-0.4, -0.2) is 42.1 Å². The Hall–Kier alpha value is -1.62. The van der Waals surface area contributed by atoms with Gasteiger partial charge in [0, 0.05) is 38.7 Å². The maximum Gasteiger partial charge on any atom is 0.219 e. The molecule has 1 heterocycles. The lowest BCUT2D eigenvalue weighted by Crippen LogP contribution is -2.48. The van der Waals surface area contributed by atoms with Gasteiger partial charge < -0.3 is 14.9 Å². The Bertz CT molecular complexity index is 443. The fraction of sp³-hybridized carbons (Fsp3) is 0.462. The maximum absolute atomic E-state index is 13.8. The van der Waals surface area contributed by atoms with Crippen LogP contribution < -0.4 is 4.90 Å². The number of para-hydroxylation sites is 1. The number of halogens is 1. The third-order valence-corrected chi connectivity index (χ3v) is 3.28. The molecule has 1 fully saturated rings. The van der Waals surface area contributed by atoms with Crippen LogP contribution in [-0.2, 0) is 11.4 Å². The van der Waals surface area contributed by atoms with E-state index in [2.05, 4.69) is 0 Å². The molecule has 1 aromatic carbocycles. The number of rotatable bonds is 2. The van der Waals surface area contributed by atoms with E-state index in [1.165, 1.54) is 13.0 Å². The molecule has 18 heavy (non-hydrogen) atoms. The monoisotopic (exact) mass is 252 g/mol. The van der Waals surface area contributed by atoms with E-state index in [4.69, 9.17) is 0 Å². The third-order valence-electron chi connectivity index (χ3n) is 3.28. The first-order valence-corrected chi connectivity index (χ1v) is 6.02. The highest BCUT2D eigenvalue weighted by molar-refractivity contribution is 5.73. The van der Waals surface area contributed by atoms with Crippen LogP contribution in [0.2, 0.25) is 0 Å². The van der Waals surface area contributed by atoms with E-state index >= 15 is 0 Å². The molecule has 0 spiro atoms. The van der Waals surface area contributed by atoms with E-state index in [-0.39, 0.29) is 18.3 Å². The maximum atomic E-state index is 13.8. The number of anilines is 1. The molecule has 4 nitrogen and oxygen atoms in total. The van der Waals surface area contributed by atoms with E-state index in [0.29, 0.717) is 37.4 Å². The van der Waals surface area contributed by atoms with Crippen molar-refractivity contribution >= 4 is 11.6 Å². The van der Waals surface area contributed by atoms with Crippen molar-refractivity contribution in [3.05, 3.63) is 29.6 Å². The second kappa shape index (κ2) is 5.35. The fourth-order valence-electron chi connectivity index (χ4n) is 2.29. The molecule has 0 atom stereocenters. The van der Waals surface area contributed by atoms with Gasteiger partial charge in [0.1, 0.15) is 5.82 Å². The van der Waals surface area contributed by atoms with Crippen molar-refractivity contribution in [3.63, 3.8) is 0 Å². The second-order valence-electron chi connectivity index (χ2n) is 4.40. The van der Waals surface area contributed by atoms with Crippen LogP contribution in [0, 0.1) is 5.82 Å². The molecule has 1 N–H and O–H groups in total. The van der Waals surface area contributed by atoms with Gasteiger partial charge in [-0.05, 0) is 6.07 Å². The average Bonchev–Trinajstić information content (AvgIpc) is 2.38. The molecule has 0 saturated carbocycles. The van der Waals surface area contributed by atoms with Crippen molar-refractivity contribution in [2.24, 2.45) is 0 Å². The number of hydrogen-bond acceptors (Lipinski definition) is 3. The first-order chi connectivity index (χ1) is 8.63. The molecule has 98 valence electrons. The van der Waals surface area contributed by atoms with Crippen LogP contribution >= 0.6 is 0 Å². The summed E-state index contributed by atoms with van der Waals surface area (Å²) < 4.78 is 13.8. The van der Waals surface area contributed by atoms with Crippen LogP contribution in [0.3, 0.4) is 0 Å². The third kappa shape index (κ3) is 2.46. The van der Waals surface area contributed by atoms with Crippen molar-refractivity contribution in [1.82, 2.24) is 4.90 Å². The zero-order chi connectivity index (χ0) is 13.1. The van der Waals surface area contributed by atoms with Crippen LogP contribution in [0.25, 0.3) is 0 Å². The van der Waals surface area contributed by atoms with E-state index < -0.39 is 0 Å². The summed E-state index contributed by atoms with van der Waals surface area (Å²) in [5.41, 5.74) is 1.05. The zero-order valence-electron chi connectivity index (χ0n) is 10.4. The van der Waals surface area contributed by atoms with Gasteiger partial charge in [-0.15, -0.1) is 0 Å². The molecule has 1 saturated heterocycles. The van der Waals surface area contributed by atoms with Crippen LogP contribution in [0.1, 0.15) is 12.5 Å². The Morgan fingerprint density at radius 2 is 2.00 bits per heavy atom. The largest absolute Gasteiger partial charge is 0.392 e. The lowest BCUT2D eigenvalue weighted by atomic mass is 10.1. The summed E-state index contributed by atoms with van der Waals surface area (Å²) in [6, 6.07) is 4.71. The van der Waals surface area contributed by atoms with E-state index in [1.54, 1.807) is 17.0 Å². The Morgan fingerprint density at radius 1 is 1.33 bits per heavy atom. The number of aliphatic hydroxyl groups excluding tert-OH is 1. The van der Waals surface area contributed by atoms with Gasteiger partial charge in [0.25, 0.3) is 0 Å². The molecule has 0 aromatic heterocycles. The lowest BCUT2D eigenvalue weighted by Gasteiger charge is -2.36. The summed E-state index contributed by atoms with van der Waals surface area (Å²) in [6.07, 6.45) is 0. The number of piperazine rings is 1. The van der Waals surface area contributed by atoms with Gasteiger partial charge in [0.2, 0.25) is 5.91 Å². The molecule has 0 bridgehead atoms. The first-order valence-electron chi connectivity index (χ1n) is 6.02. The van der Waals surface area contributed by atoms with Crippen molar-refractivity contribution in [1.29, 1.82) is 0 Å². The summed E-state index contributed by atoms with van der Waals surface area (Å²) >= 11 is 0. The van der Waals surface area contributed by atoms with E-state index in [0.717, 1.165) is 0 Å². The van der Waals surface area contributed by atoms with Gasteiger partial charge >= 0.3 is 0 Å². The number of hydrogen-bond donors (Lipinski definition) is 1. The number of nitrogens with zero attached hydrogens (tertiary/aromatic N) is 2. The highest BCUT2D eigenvalue weighted by atomic mass is 19.1. The Balaban J connectivity index is 2.17. The molecule has 1 aliphatic rings. The molecular weight excluding hydrogens is 235 g/mol. The topological polar surface area (TPSA) is 43.8 Å². The number of benzene rings is 1. The highest BCUT2D eigenvalue weighted by Gasteiger charge is 2.22. The number of amides is 1. The van der Waals surface area contributed by atoms with Crippen molar-refractivity contribution < 1.29 is 14.3 Å². The Morgan fingerprint density at radius 3 is 2.56 bits per heavy atom. The number of carbonyl (C=O) groups excluding carboxylic acids is 1. The molecule has 5 heteroatoms. The summed E-state index contributed by atoms with van der Waals surface area (Å²) in [6.45, 7) is 3.72. The Kier molecular flexibility index (Phi) is 3.81. The standard InChI is InChI=1S/C13H17FN2O2/c1-10(18)15-5-7-16(8-6-15)13-11(9-17)3-2-4-12(13)14/h2-4,17H,5-9H2,1H3. The first kappa shape index (κ1) is 12.8. The normalized spacial score (nSPS) is 15.9. The van der Waals surface area contributed by atoms with Gasteiger partial charge in [-0.1, -0.05) is 12.1 Å². The summed E-state index contributed by atoms with van der Waals surface area (Å²) in [5, 5.41) is 9.26. The van der Waals surface area contributed by atoms with E-state index in [9.17, 15) is 14.3 Å². The van der Waals surface area contributed by atoms with Crippen molar-refractivity contribution in [2.75, 3.05) is 31.1 Å². The van der Waals surface area contributed by atoms with Gasteiger partial charge in [-0.2, -0.15) is 0 Å². The number of carbonyl (C=O) groups is 1. The molecule has 1 aromatic rings. The van der Waals surface area contributed by atoms with Crippen molar-refractivity contribution in [2.45, 2.75) is 13.5 Å². The molecule has 2 rings (SSSR count). The van der Waals surface area contributed by atoms with Gasteiger partial charge in [-0.3, -0.25) is 4.79 Å². The predicted octanol–water partition coefficient (Wildman–Crippen LogP) is 0.987. The summed E-state index contributed by atoms with van der Waals surface area (Å²) in [7, 11) is 0. The minimum atomic E-state index is -0.321. The molecule has 0 unspecified atom stereocenters. The van der Waals surface area contributed by atoms with Crippen molar-refractivity contribution in [3.8, 4) is 0 Å². The lowest BCUT2D eigenvalue weighted by molar-refractivity contribution is -0.129. The molecule has 0 aliphatic carbocycles. The van der Waals surface area contributed by atoms with E-state index in [1.807, 2.05) is 4.90 Å². The molecule has 1 amide bonds. The molecule has 1 aliphatic heterocycles. The van der Waals surface area contributed by atoms with Crippen LogP contribution in [0.4, 0.5) is 10.1 Å². The quantitative estimate of drug-likeness (QED) is 0.853. The fourth-order valence-corrected chi connectivity index (χ4v) is 2.29. The van der Waals surface area contributed by atoms with Gasteiger partial charge in [-0.25, -0.2) is 4.39 Å². The smallest absolute Gasteiger partial charge is 0.219 e. The highest BCUT2D eigenvalue weighted by Crippen LogP contribution is 2.25. The number of aliphatic hydroxyl groups is 1. The summed E-state index contributed by atoms with van der Waals surface area (Å²) in [5.74, 6) is -0.275. The minimum Gasteiger partial charge on any atom is -0.392 e. The molecule has 0 radical (unpaired) electrons. The van der Waals surface area contributed by atoms with Gasteiger partial charge in [0.15, 0.2) is 0 Å².